The summed E-state index contributed by atoms with van der Waals surface area (Å²) in [6, 6.07) is 0. The maximum atomic E-state index is 6.00. The fourth-order valence-electron chi connectivity index (χ4n) is 4.06. The van der Waals surface area contributed by atoms with E-state index in [1.165, 1.54) is 6.42 Å². The molecule has 1 fully saturated rings. The molecule has 0 aromatic carbocycles. The quantitative estimate of drug-likeness (QED) is 0.514. The molecule has 0 N–H and O–H groups in total. The average Bonchev–Trinajstić information content (AvgIpc) is 2.53. The summed E-state index contributed by atoms with van der Waals surface area (Å²) in [6.07, 6.45) is 6.43. The SMILES string of the molecule is C=CC(C)(C)CC(C)(C)[SiH2]C1(C)COC(C)(C=C)C1. The fraction of sp³-hybridized carbons (Fsp3) is 0.765. The second-order valence-corrected chi connectivity index (χ2v) is 12.5. The van der Waals surface area contributed by atoms with Crippen LogP contribution in [0, 0.1) is 5.41 Å². The summed E-state index contributed by atoms with van der Waals surface area (Å²) in [7, 11) is -0.269. The van der Waals surface area contributed by atoms with Crippen molar-refractivity contribution in [2.45, 2.75) is 70.1 Å². The Kier molecular flexibility index (Phi) is 4.58. The second-order valence-electron chi connectivity index (χ2n) is 8.50. The van der Waals surface area contributed by atoms with E-state index < -0.39 is 0 Å². The van der Waals surface area contributed by atoms with Gasteiger partial charge in [-0.2, -0.15) is 0 Å². The predicted octanol–water partition coefficient (Wildman–Crippen LogP) is 4.50. The van der Waals surface area contributed by atoms with Crippen LogP contribution >= 0.6 is 0 Å². The van der Waals surface area contributed by atoms with Gasteiger partial charge in [-0.05, 0) is 35.3 Å². The van der Waals surface area contributed by atoms with Crippen LogP contribution in [0.15, 0.2) is 25.3 Å². The Morgan fingerprint density at radius 1 is 1.21 bits per heavy atom. The zero-order valence-electron chi connectivity index (χ0n) is 13.8. The standard InChI is InChI=1S/C17H32OSi/c1-9-14(3,4)11-15(5,6)19-17(8)12-16(7,10-2)18-13-17/h9-10H,1-2,11-13,19H2,3-8H3. The molecule has 1 aliphatic rings. The van der Waals surface area contributed by atoms with Crippen molar-refractivity contribution in [1.82, 2.24) is 0 Å². The Hall–Kier alpha value is -0.343. The van der Waals surface area contributed by atoms with Crippen molar-refractivity contribution in [3.8, 4) is 0 Å². The van der Waals surface area contributed by atoms with E-state index in [0.717, 1.165) is 13.0 Å². The molecule has 2 heteroatoms. The highest BCUT2D eigenvalue weighted by molar-refractivity contribution is 6.44. The molecule has 1 saturated heterocycles. The first-order valence-corrected chi connectivity index (χ1v) is 8.78. The van der Waals surface area contributed by atoms with Crippen LogP contribution < -0.4 is 0 Å². The highest BCUT2D eigenvalue weighted by Gasteiger charge is 2.45. The Morgan fingerprint density at radius 2 is 1.79 bits per heavy atom. The lowest BCUT2D eigenvalue weighted by molar-refractivity contribution is 0.0600. The Balaban J connectivity index is 2.73. The summed E-state index contributed by atoms with van der Waals surface area (Å²) in [5, 5.41) is 0.825. The minimum atomic E-state index is -0.269. The first-order valence-electron chi connectivity index (χ1n) is 7.36. The van der Waals surface area contributed by atoms with Crippen LogP contribution in [0.1, 0.15) is 54.4 Å². The maximum Gasteiger partial charge on any atom is 0.0835 e. The normalized spacial score (nSPS) is 32.9. The molecule has 19 heavy (non-hydrogen) atoms. The summed E-state index contributed by atoms with van der Waals surface area (Å²) in [6.45, 7) is 22.8. The van der Waals surface area contributed by atoms with Crippen molar-refractivity contribution in [3.63, 3.8) is 0 Å². The van der Waals surface area contributed by atoms with Gasteiger partial charge in [0, 0.05) is 9.52 Å². The predicted molar refractivity (Wildman–Crippen MR) is 88.7 cm³/mol. The van der Waals surface area contributed by atoms with E-state index in [1.54, 1.807) is 0 Å². The van der Waals surface area contributed by atoms with E-state index in [-0.39, 0.29) is 20.5 Å². The minimum Gasteiger partial charge on any atom is -0.371 e. The largest absolute Gasteiger partial charge is 0.371 e. The van der Waals surface area contributed by atoms with Crippen LogP contribution in [0.25, 0.3) is 0 Å². The zero-order valence-corrected chi connectivity index (χ0v) is 15.2. The molecule has 0 saturated carbocycles. The third kappa shape index (κ3) is 4.61. The molecule has 2 atom stereocenters. The zero-order chi connectivity index (χ0) is 14.9. The summed E-state index contributed by atoms with van der Waals surface area (Å²) in [5.41, 5.74) is 0.125. The highest BCUT2D eigenvalue weighted by Crippen LogP contribution is 2.51. The lowest BCUT2D eigenvalue weighted by Gasteiger charge is -2.38. The van der Waals surface area contributed by atoms with Crippen LogP contribution in [0.3, 0.4) is 0 Å². The summed E-state index contributed by atoms with van der Waals surface area (Å²) < 4.78 is 6.00. The summed E-state index contributed by atoms with van der Waals surface area (Å²) >= 11 is 0. The number of ether oxygens (including phenoxy) is 1. The molecular formula is C17H32OSi. The van der Waals surface area contributed by atoms with E-state index in [4.69, 9.17) is 4.74 Å². The number of rotatable bonds is 6. The molecule has 0 aromatic rings. The number of allylic oxidation sites excluding steroid dienone is 1. The first kappa shape index (κ1) is 16.7. The Labute approximate surface area is 122 Å². The summed E-state index contributed by atoms with van der Waals surface area (Å²) in [4.78, 5) is 0. The summed E-state index contributed by atoms with van der Waals surface area (Å²) in [5.74, 6) is 0. The van der Waals surface area contributed by atoms with Crippen molar-refractivity contribution in [2.24, 2.45) is 5.41 Å². The van der Waals surface area contributed by atoms with Gasteiger partial charge < -0.3 is 4.74 Å². The van der Waals surface area contributed by atoms with Gasteiger partial charge >= 0.3 is 0 Å². The maximum absolute atomic E-state index is 6.00. The molecule has 0 radical (unpaired) electrons. The van der Waals surface area contributed by atoms with Crippen LogP contribution in [0.5, 0.6) is 0 Å². The number of hydrogen-bond acceptors (Lipinski definition) is 1. The monoisotopic (exact) mass is 280 g/mol. The molecule has 0 aromatic heterocycles. The molecule has 1 rings (SSSR count). The lowest BCUT2D eigenvalue weighted by Crippen LogP contribution is -2.31. The van der Waals surface area contributed by atoms with Crippen molar-refractivity contribution in [3.05, 3.63) is 25.3 Å². The molecule has 1 heterocycles. The minimum absolute atomic E-state index is 0.105. The van der Waals surface area contributed by atoms with Gasteiger partial charge in [-0.15, -0.1) is 13.2 Å². The van der Waals surface area contributed by atoms with Crippen molar-refractivity contribution >= 4 is 9.52 Å². The average molecular weight is 281 g/mol. The molecule has 2 unspecified atom stereocenters. The third-order valence-corrected chi connectivity index (χ3v) is 6.87. The van der Waals surface area contributed by atoms with Crippen molar-refractivity contribution < 1.29 is 4.74 Å². The van der Waals surface area contributed by atoms with Crippen LogP contribution in [0.4, 0.5) is 0 Å². The molecule has 0 bridgehead atoms. The van der Waals surface area contributed by atoms with Gasteiger partial charge in [0.1, 0.15) is 0 Å². The Morgan fingerprint density at radius 3 is 2.21 bits per heavy atom. The molecule has 0 aliphatic carbocycles. The topological polar surface area (TPSA) is 9.23 Å². The van der Waals surface area contributed by atoms with Gasteiger partial charge in [0.25, 0.3) is 0 Å². The van der Waals surface area contributed by atoms with E-state index in [0.29, 0.717) is 10.1 Å². The van der Waals surface area contributed by atoms with Crippen molar-refractivity contribution in [2.75, 3.05) is 6.61 Å². The van der Waals surface area contributed by atoms with Gasteiger partial charge in [-0.3, -0.25) is 0 Å². The van der Waals surface area contributed by atoms with Gasteiger partial charge in [0.2, 0.25) is 0 Å². The smallest absolute Gasteiger partial charge is 0.0835 e. The van der Waals surface area contributed by atoms with E-state index in [9.17, 15) is 0 Å². The van der Waals surface area contributed by atoms with Crippen LogP contribution in [-0.2, 0) is 4.74 Å². The van der Waals surface area contributed by atoms with E-state index in [1.807, 2.05) is 6.08 Å². The van der Waals surface area contributed by atoms with Gasteiger partial charge in [-0.1, -0.05) is 46.8 Å². The Bertz CT molecular complexity index is 358. The molecule has 0 amide bonds. The number of hydrogen-bond donors (Lipinski definition) is 0. The molecular weight excluding hydrogens is 248 g/mol. The molecule has 110 valence electrons. The van der Waals surface area contributed by atoms with Crippen LogP contribution in [0.2, 0.25) is 10.1 Å². The van der Waals surface area contributed by atoms with Gasteiger partial charge in [-0.25, -0.2) is 0 Å². The molecule has 1 aliphatic heterocycles. The van der Waals surface area contributed by atoms with Gasteiger partial charge in [0.05, 0.1) is 12.2 Å². The second kappa shape index (κ2) is 5.21. The third-order valence-electron chi connectivity index (χ3n) is 4.35. The lowest BCUT2D eigenvalue weighted by atomic mass is 9.84. The highest BCUT2D eigenvalue weighted by atomic mass is 28.2. The van der Waals surface area contributed by atoms with Crippen LogP contribution in [-0.4, -0.2) is 21.7 Å². The van der Waals surface area contributed by atoms with E-state index >= 15 is 0 Å². The van der Waals surface area contributed by atoms with Crippen molar-refractivity contribution in [1.29, 1.82) is 0 Å². The molecule has 1 nitrogen and oxygen atoms in total. The fourth-order valence-corrected chi connectivity index (χ4v) is 7.96. The molecule has 0 spiro atoms. The van der Waals surface area contributed by atoms with Gasteiger partial charge in [0.15, 0.2) is 0 Å². The first-order chi connectivity index (χ1) is 8.45. The van der Waals surface area contributed by atoms with E-state index in [2.05, 4.69) is 60.8 Å².